The number of hydrogen-bond donors (Lipinski definition) is 0. The minimum atomic E-state index is -0.264. The molecule has 1 rings (SSSR count). The minimum absolute atomic E-state index is 0.0670. The molecule has 0 bridgehead atoms. The molecule has 0 nitrogen and oxygen atoms in total. The molecule has 11 heavy (non-hydrogen) atoms. The minimum Gasteiger partial charge on any atom is -0.250 e. The van der Waals surface area contributed by atoms with Gasteiger partial charge in [-0.2, -0.15) is 0 Å². The zero-order valence-corrected chi connectivity index (χ0v) is 7.27. The first kappa shape index (κ1) is 8.60. The first-order valence-electron chi connectivity index (χ1n) is 3.60. The summed E-state index contributed by atoms with van der Waals surface area (Å²) < 4.78 is 12.1. The van der Waals surface area contributed by atoms with Crippen LogP contribution in [0.4, 0.5) is 4.39 Å². The third kappa shape index (κ3) is 2.93. The number of alkyl halides is 1. The van der Waals surface area contributed by atoms with E-state index in [0.29, 0.717) is 0 Å². The number of halogens is 1. The summed E-state index contributed by atoms with van der Waals surface area (Å²) in [5.41, 5.74) is 0. The Bertz CT molecular complexity index is 198. The number of benzene rings is 1. The molecule has 0 amide bonds. The van der Waals surface area contributed by atoms with Crippen molar-refractivity contribution in [2.24, 2.45) is 0 Å². The van der Waals surface area contributed by atoms with Crippen LogP contribution < -0.4 is 0 Å². The van der Waals surface area contributed by atoms with Crippen LogP contribution in [0.5, 0.6) is 0 Å². The van der Waals surface area contributed by atoms with Crippen LogP contribution in [0.25, 0.3) is 0 Å². The van der Waals surface area contributed by atoms with E-state index in [1.54, 1.807) is 11.8 Å². The van der Waals surface area contributed by atoms with Crippen LogP contribution in [0.3, 0.4) is 0 Å². The summed E-state index contributed by atoms with van der Waals surface area (Å²) in [6.07, 6.45) is 0. The quantitative estimate of drug-likeness (QED) is 0.628. The van der Waals surface area contributed by atoms with E-state index in [1.807, 2.05) is 37.3 Å². The van der Waals surface area contributed by atoms with Crippen molar-refractivity contribution >= 4 is 11.8 Å². The van der Waals surface area contributed by atoms with Gasteiger partial charge in [0, 0.05) is 10.1 Å². The summed E-state index contributed by atoms with van der Waals surface area (Å²) in [5, 5.41) is 0.0670. The first-order chi connectivity index (χ1) is 5.33. The predicted molar refractivity (Wildman–Crippen MR) is 47.7 cm³/mol. The van der Waals surface area contributed by atoms with E-state index < -0.39 is 0 Å². The Hall–Kier alpha value is -0.500. The number of rotatable bonds is 3. The summed E-state index contributed by atoms with van der Waals surface area (Å²) in [6.45, 7) is 1.62. The molecular weight excluding hydrogens is 159 g/mol. The summed E-state index contributed by atoms with van der Waals surface area (Å²) >= 11 is 1.57. The standard InChI is InChI=1S/C9H11FS/c1-8(7-10)11-9-5-3-2-4-6-9/h2-6,8H,7H2,1H3. The van der Waals surface area contributed by atoms with Gasteiger partial charge in [0.1, 0.15) is 6.67 Å². The summed E-state index contributed by atoms with van der Waals surface area (Å²) in [6, 6.07) is 9.89. The number of thioether (sulfide) groups is 1. The zero-order chi connectivity index (χ0) is 8.10. The van der Waals surface area contributed by atoms with E-state index in [-0.39, 0.29) is 11.9 Å². The van der Waals surface area contributed by atoms with E-state index >= 15 is 0 Å². The van der Waals surface area contributed by atoms with E-state index in [4.69, 9.17) is 0 Å². The zero-order valence-electron chi connectivity index (χ0n) is 6.46. The fourth-order valence-electron chi connectivity index (χ4n) is 0.763. The highest BCUT2D eigenvalue weighted by molar-refractivity contribution is 8.00. The van der Waals surface area contributed by atoms with E-state index in [1.165, 1.54) is 0 Å². The average molecular weight is 170 g/mol. The maximum Gasteiger partial charge on any atom is 0.101 e. The van der Waals surface area contributed by atoms with Crippen LogP contribution in [-0.4, -0.2) is 11.9 Å². The molecule has 0 heterocycles. The van der Waals surface area contributed by atoms with Crippen molar-refractivity contribution in [3.63, 3.8) is 0 Å². The van der Waals surface area contributed by atoms with Gasteiger partial charge in [-0.05, 0) is 12.1 Å². The van der Waals surface area contributed by atoms with Crippen LogP contribution >= 0.6 is 11.8 Å². The largest absolute Gasteiger partial charge is 0.250 e. The normalized spacial score (nSPS) is 12.9. The molecule has 1 unspecified atom stereocenters. The lowest BCUT2D eigenvalue weighted by Crippen LogP contribution is -1.96. The Labute approximate surface area is 70.8 Å². The summed E-state index contributed by atoms with van der Waals surface area (Å²) in [4.78, 5) is 1.14. The SMILES string of the molecule is CC(CF)Sc1ccccc1. The molecule has 0 aliphatic heterocycles. The molecule has 0 radical (unpaired) electrons. The molecule has 0 saturated carbocycles. The molecule has 0 saturated heterocycles. The van der Waals surface area contributed by atoms with Gasteiger partial charge in [-0.1, -0.05) is 25.1 Å². The smallest absolute Gasteiger partial charge is 0.101 e. The van der Waals surface area contributed by atoms with Crippen molar-refractivity contribution in [2.45, 2.75) is 17.1 Å². The molecule has 1 atom stereocenters. The van der Waals surface area contributed by atoms with Gasteiger partial charge in [0.25, 0.3) is 0 Å². The average Bonchev–Trinajstić information content (AvgIpc) is 2.06. The van der Waals surface area contributed by atoms with Crippen LogP contribution in [0.15, 0.2) is 35.2 Å². The van der Waals surface area contributed by atoms with Gasteiger partial charge in [0.2, 0.25) is 0 Å². The second kappa shape index (κ2) is 4.39. The molecule has 1 aromatic carbocycles. The van der Waals surface area contributed by atoms with Crippen LogP contribution in [-0.2, 0) is 0 Å². The van der Waals surface area contributed by atoms with Crippen molar-refractivity contribution in [1.82, 2.24) is 0 Å². The fourth-order valence-corrected chi connectivity index (χ4v) is 1.60. The van der Waals surface area contributed by atoms with Crippen molar-refractivity contribution in [3.8, 4) is 0 Å². The highest BCUT2D eigenvalue weighted by Crippen LogP contribution is 2.22. The molecule has 0 aliphatic carbocycles. The third-order valence-electron chi connectivity index (χ3n) is 1.30. The monoisotopic (exact) mass is 170 g/mol. The molecular formula is C9H11FS. The van der Waals surface area contributed by atoms with E-state index in [9.17, 15) is 4.39 Å². The van der Waals surface area contributed by atoms with Gasteiger partial charge in [-0.3, -0.25) is 0 Å². The van der Waals surface area contributed by atoms with Crippen molar-refractivity contribution in [2.75, 3.05) is 6.67 Å². The van der Waals surface area contributed by atoms with Gasteiger partial charge >= 0.3 is 0 Å². The number of hydrogen-bond acceptors (Lipinski definition) is 1. The van der Waals surface area contributed by atoms with E-state index in [2.05, 4.69) is 0 Å². The van der Waals surface area contributed by atoms with Gasteiger partial charge in [0.05, 0.1) is 0 Å². The maximum atomic E-state index is 12.1. The van der Waals surface area contributed by atoms with Crippen LogP contribution in [0, 0.1) is 0 Å². The topological polar surface area (TPSA) is 0 Å². The van der Waals surface area contributed by atoms with E-state index in [0.717, 1.165) is 4.90 Å². The fraction of sp³-hybridized carbons (Fsp3) is 0.333. The Kier molecular flexibility index (Phi) is 3.43. The maximum absolute atomic E-state index is 12.1. The predicted octanol–water partition coefficient (Wildman–Crippen LogP) is 3.14. The molecule has 0 spiro atoms. The second-order valence-corrected chi connectivity index (χ2v) is 3.91. The Morgan fingerprint density at radius 3 is 2.55 bits per heavy atom. The van der Waals surface area contributed by atoms with Crippen molar-refractivity contribution < 1.29 is 4.39 Å². The Balaban J connectivity index is 2.51. The summed E-state index contributed by atoms with van der Waals surface area (Å²) in [7, 11) is 0. The van der Waals surface area contributed by atoms with Gasteiger partial charge in [0.15, 0.2) is 0 Å². The first-order valence-corrected chi connectivity index (χ1v) is 4.48. The van der Waals surface area contributed by atoms with Gasteiger partial charge < -0.3 is 0 Å². The summed E-state index contributed by atoms with van der Waals surface area (Å²) in [5.74, 6) is 0. The molecule has 1 aromatic rings. The molecule has 0 aliphatic rings. The Morgan fingerprint density at radius 2 is 2.00 bits per heavy atom. The molecule has 2 heteroatoms. The van der Waals surface area contributed by atoms with Crippen LogP contribution in [0.1, 0.15) is 6.92 Å². The lowest BCUT2D eigenvalue weighted by Gasteiger charge is -2.04. The highest BCUT2D eigenvalue weighted by atomic mass is 32.2. The van der Waals surface area contributed by atoms with Gasteiger partial charge in [-0.25, -0.2) is 4.39 Å². The highest BCUT2D eigenvalue weighted by Gasteiger charge is 2.01. The molecule has 0 fully saturated rings. The molecule has 0 aromatic heterocycles. The second-order valence-electron chi connectivity index (χ2n) is 2.40. The van der Waals surface area contributed by atoms with Crippen molar-refractivity contribution in [3.05, 3.63) is 30.3 Å². The Morgan fingerprint density at radius 1 is 1.36 bits per heavy atom. The van der Waals surface area contributed by atoms with Gasteiger partial charge in [-0.15, -0.1) is 11.8 Å². The lowest BCUT2D eigenvalue weighted by atomic mass is 10.4. The van der Waals surface area contributed by atoms with Crippen LogP contribution in [0.2, 0.25) is 0 Å². The molecule has 0 N–H and O–H groups in total. The third-order valence-corrected chi connectivity index (χ3v) is 2.37. The molecule has 60 valence electrons. The van der Waals surface area contributed by atoms with Crippen molar-refractivity contribution in [1.29, 1.82) is 0 Å². The lowest BCUT2D eigenvalue weighted by molar-refractivity contribution is 0.494.